The molecule has 134 valence electrons. The van der Waals surface area contributed by atoms with Crippen molar-refractivity contribution >= 4 is 16.0 Å². The van der Waals surface area contributed by atoms with E-state index in [1.54, 1.807) is 44.7 Å². The normalized spacial score (nSPS) is 16.4. The van der Waals surface area contributed by atoms with Crippen molar-refractivity contribution < 1.29 is 8.42 Å². The summed E-state index contributed by atoms with van der Waals surface area (Å²) in [5.41, 5.74) is 1.01. The van der Waals surface area contributed by atoms with Crippen molar-refractivity contribution in [3.05, 3.63) is 48.3 Å². The van der Waals surface area contributed by atoms with Crippen LogP contribution in [0.1, 0.15) is 5.56 Å². The summed E-state index contributed by atoms with van der Waals surface area (Å²) in [6, 6.07) is 9.00. The molecule has 0 saturated carbocycles. The van der Waals surface area contributed by atoms with Crippen LogP contribution < -0.4 is 4.90 Å². The minimum absolute atomic E-state index is 0.339. The summed E-state index contributed by atoms with van der Waals surface area (Å²) >= 11 is 0. The standard InChI is InChI=1S/C17H23N5O2S/c1-20(2)25(23,24)16-6-3-5-15(13-16)14-21-9-11-22(12-10-21)17-18-7-4-8-19-17/h3-8,13H,9-12,14H2,1-2H3. The van der Waals surface area contributed by atoms with Gasteiger partial charge in [-0.25, -0.2) is 22.7 Å². The molecule has 0 amide bonds. The van der Waals surface area contributed by atoms with E-state index in [1.807, 2.05) is 12.1 Å². The molecule has 0 N–H and O–H groups in total. The molecule has 1 fully saturated rings. The van der Waals surface area contributed by atoms with Gasteiger partial charge >= 0.3 is 0 Å². The summed E-state index contributed by atoms with van der Waals surface area (Å²) in [7, 11) is -0.298. The molecule has 1 saturated heterocycles. The molecule has 1 aromatic carbocycles. The van der Waals surface area contributed by atoms with Crippen molar-refractivity contribution in [2.24, 2.45) is 0 Å². The highest BCUT2D eigenvalue weighted by molar-refractivity contribution is 7.89. The first-order valence-corrected chi connectivity index (χ1v) is 9.66. The van der Waals surface area contributed by atoms with Gasteiger partial charge in [0, 0.05) is 59.2 Å². The highest BCUT2D eigenvalue weighted by Crippen LogP contribution is 2.17. The number of sulfonamides is 1. The van der Waals surface area contributed by atoms with Crippen molar-refractivity contribution in [1.82, 2.24) is 19.2 Å². The zero-order valence-corrected chi connectivity index (χ0v) is 15.4. The maximum absolute atomic E-state index is 12.3. The minimum atomic E-state index is -3.39. The molecule has 2 aromatic rings. The van der Waals surface area contributed by atoms with Gasteiger partial charge in [0.25, 0.3) is 0 Å². The number of piperazine rings is 1. The van der Waals surface area contributed by atoms with Crippen LogP contribution in [0.5, 0.6) is 0 Å². The van der Waals surface area contributed by atoms with E-state index in [0.29, 0.717) is 4.90 Å². The second-order valence-electron chi connectivity index (χ2n) is 6.25. The zero-order chi connectivity index (χ0) is 17.9. The molecular formula is C17H23N5O2S. The Labute approximate surface area is 149 Å². The molecule has 0 unspecified atom stereocenters. The van der Waals surface area contributed by atoms with Gasteiger partial charge in [0.05, 0.1) is 4.90 Å². The van der Waals surface area contributed by atoms with Crippen LogP contribution in [-0.2, 0) is 16.6 Å². The monoisotopic (exact) mass is 361 g/mol. The number of nitrogens with zero attached hydrogens (tertiary/aromatic N) is 5. The van der Waals surface area contributed by atoms with E-state index >= 15 is 0 Å². The Kier molecular flexibility index (Phi) is 5.31. The highest BCUT2D eigenvalue weighted by Gasteiger charge is 2.20. The minimum Gasteiger partial charge on any atom is -0.338 e. The molecule has 3 rings (SSSR count). The summed E-state index contributed by atoms with van der Waals surface area (Å²) in [5.74, 6) is 0.765. The quantitative estimate of drug-likeness (QED) is 0.793. The Bertz CT molecular complexity index is 803. The Morgan fingerprint density at radius 1 is 1.04 bits per heavy atom. The van der Waals surface area contributed by atoms with E-state index in [1.165, 1.54) is 4.31 Å². The zero-order valence-electron chi connectivity index (χ0n) is 14.5. The second kappa shape index (κ2) is 7.47. The van der Waals surface area contributed by atoms with Crippen molar-refractivity contribution in [1.29, 1.82) is 0 Å². The first-order valence-electron chi connectivity index (χ1n) is 8.22. The fourth-order valence-corrected chi connectivity index (χ4v) is 3.81. The van der Waals surface area contributed by atoms with Crippen LogP contribution in [-0.4, -0.2) is 67.9 Å². The summed E-state index contributed by atoms with van der Waals surface area (Å²) in [4.78, 5) is 13.4. The van der Waals surface area contributed by atoms with Crippen LogP contribution in [0.2, 0.25) is 0 Å². The van der Waals surface area contributed by atoms with Crippen molar-refractivity contribution in [2.45, 2.75) is 11.4 Å². The molecule has 1 aliphatic heterocycles. The van der Waals surface area contributed by atoms with E-state index < -0.39 is 10.0 Å². The summed E-state index contributed by atoms with van der Waals surface area (Å²) < 4.78 is 25.8. The molecule has 0 radical (unpaired) electrons. The van der Waals surface area contributed by atoms with Crippen LogP contribution in [0.3, 0.4) is 0 Å². The molecule has 2 heterocycles. The highest BCUT2D eigenvalue weighted by atomic mass is 32.2. The van der Waals surface area contributed by atoms with Crippen molar-refractivity contribution in [3.63, 3.8) is 0 Å². The van der Waals surface area contributed by atoms with Crippen molar-refractivity contribution in [3.8, 4) is 0 Å². The number of anilines is 1. The number of hydrogen-bond donors (Lipinski definition) is 0. The van der Waals surface area contributed by atoms with Gasteiger partial charge in [0.2, 0.25) is 16.0 Å². The Morgan fingerprint density at radius 2 is 1.72 bits per heavy atom. The van der Waals surface area contributed by atoms with Gasteiger partial charge < -0.3 is 4.90 Å². The van der Waals surface area contributed by atoms with E-state index in [0.717, 1.165) is 44.2 Å². The maximum Gasteiger partial charge on any atom is 0.242 e. The van der Waals surface area contributed by atoms with Gasteiger partial charge in [-0.2, -0.15) is 0 Å². The number of hydrogen-bond acceptors (Lipinski definition) is 6. The van der Waals surface area contributed by atoms with Crippen LogP contribution in [0.25, 0.3) is 0 Å². The summed E-state index contributed by atoms with van der Waals surface area (Å²) in [6.07, 6.45) is 3.51. The topological polar surface area (TPSA) is 69.6 Å². The van der Waals surface area contributed by atoms with Gasteiger partial charge in [0.15, 0.2) is 0 Å². The molecule has 1 aromatic heterocycles. The average molecular weight is 361 g/mol. The molecule has 25 heavy (non-hydrogen) atoms. The lowest BCUT2D eigenvalue weighted by molar-refractivity contribution is 0.248. The molecule has 1 aliphatic rings. The van der Waals surface area contributed by atoms with Gasteiger partial charge in [-0.3, -0.25) is 4.90 Å². The molecule has 0 atom stereocenters. The third-order valence-electron chi connectivity index (χ3n) is 4.29. The number of benzene rings is 1. The van der Waals surface area contributed by atoms with Crippen LogP contribution in [0, 0.1) is 0 Å². The fourth-order valence-electron chi connectivity index (χ4n) is 2.83. The van der Waals surface area contributed by atoms with E-state index in [2.05, 4.69) is 19.8 Å². The Balaban J connectivity index is 1.63. The molecule has 0 aliphatic carbocycles. The van der Waals surface area contributed by atoms with Crippen molar-refractivity contribution in [2.75, 3.05) is 45.2 Å². The number of rotatable bonds is 5. The molecule has 0 spiro atoms. The second-order valence-corrected chi connectivity index (χ2v) is 8.40. The van der Waals surface area contributed by atoms with Gasteiger partial charge in [-0.05, 0) is 23.8 Å². The van der Waals surface area contributed by atoms with Crippen LogP contribution in [0.4, 0.5) is 5.95 Å². The summed E-state index contributed by atoms with van der Waals surface area (Å²) in [6.45, 7) is 4.24. The summed E-state index contributed by atoms with van der Waals surface area (Å²) in [5, 5.41) is 0. The lowest BCUT2D eigenvalue weighted by Crippen LogP contribution is -2.46. The van der Waals surface area contributed by atoms with E-state index in [9.17, 15) is 8.42 Å². The number of aromatic nitrogens is 2. The SMILES string of the molecule is CN(C)S(=O)(=O)c1cccc(CN2CCN(c3ncccn3)CC2)c1. The van der Waals surface area contributed by atoms with E-state index in [-0.39, 0.29) is 0 Å². The first-order chi connectivity index (χ1) is 12.0. The third kappa shape index (κ3) is 4.15. The molecule has 7 nitrogen and oxygen atoms in total. The van der Waals surface area contributed by atoms with Crippen LogP contribution >= 0.6 is 0 Å². The van der Waals surface area contributed by atoms with Gasteiger partial charge in [-0.15, -0.1) is 0 Å². The Hall–Kier alpha value is -2.03. The Morgan fingerprint density at radius 3 is 2.36 bits per heavy atom. The lowest BCUT2D eigenvalue weighted by atomic mass is 10.2. The predicted octanol–water partition coefficient (Wildman–Crippen LogP) is 1.05. The predicted molar refractivity (Wildman–Crippen MR) is 96.8 cm³/mol. The molecule has 8 heteroatoms. The largest absolute Gasteiger partial charge is 0.338 e. The fraction of sp³-hybridized carbons (Fsp3) is 0.412. The molecular weight excluding hydrogens is 338 g/mol. The smallest absolute Gasteiger partial charge is 0.242 e. The third-order valence-corrected chi connectivity index (χ3v) is 6.10. The average Bonchev–Trinajstić information content (AvgIpc) is 2.63. The first kappa shape index (κ1) is 17.8. The van der Waals surface area contributed by atoms with Gasteiger partial charge in [-0.1, -0.05) is 12.1 Å². The van der Waals surface area contributed by atoms with E-state index in [4.69, 9.17) is 0 Å². The van der Waals surface area contributed by atoms with Gasteiger partial charge in [0.1, 0.15) is 0 Å². The maximum atomic E-state index is 12.3. The van der Waals surface area contributed by atoms with Crippen LogP contribution in [0.15, 0.2) is 47.6 Å². The lowest BCUT2D eigenvalue weighted by Gasteiger charge is -2.34. The molecule has 0 bridgehead atoms.